The van der Waals surface area contributed by atoms with E-state index in [0.717, 1.165) is 23.5 Å². The molecule has 20 nitrogen and oxygen atoms in total. The van der Waals surface area contributed by atoms with Crippen molar-refractivity contribution in [3.63, 3.8) is 0 Å². The zero-order chi connectivity index (χ0) is 54.0. The van der Waals surface area contributed by atoms with E-state index in [1.807, 2.05) is 61.5 Å². The molecule has 7 rings (SSSR count). The van der Waals surface area contributed by atoms with Crippen molar-refractivity contribution in [1.29, 1.82) is 0 Å². The molecule has 3 heterocycles. The lowest BCUT2D eigenvalue weighted by molar-refractivity contribution is -0.438. The Morgan fingerprint density at radius 3 is 2.05 bits per heavy atom. The summed E-state index contributed by atoms with van der Waals surface area (Å²) in [5.74, 6) is -1.74. The van der Waals surface area contributed by atoms with E-state index in [2.05, 4.69) is 0 Å². The van der Waals surface area contributed by atoms with Crippen LogP contribution in [0.4, 0.5) is 11.4 Å². The Morgan fingerprint density at radius 2 is 1.41 bits per heavy atom. The zero-order valence-corrected chi connectivity index (χ0v) is 44.2. The minimum absolute atomic E-state index is 0.0296. The first-order chi connectivity index (χ1) is 34.6. The summed E-state index contributed by atoms with van der Waals surface area (Å²) in [6.07, 6.45) is 10.8. The second kappa shape index (κ2) is 22.2. The van der Waals surface area contributed by atoms with Gasteiger partial charge in [-0.15, -0.1) is 5.06 Å². The molecule has 0 aromatic heterocycles. The van der Waals surface area contributed by atoms with Crippen LogP contribution in [-0.2, 0) is 71.8 Å². The molecule has 2 amide bonds. The van der Waals surface area contributed by atoms with E-state index in [0.29, 0.717) is 103 Å². The number of amides is 2. The van der Waals surface area contributed by atoms with Crippen LogP contribution in [0.25, 0.3) is 0 Å². The molecule has 24 heteroatoms. The van der Waals surface area contributed by atoms with Crippen molar-refractivity contribution in [3.8, 4) is 11.5 Å². The number of hydroxylamine groups is 2. The Kier molecular flexibility index (Phi) is 16.7. The van der Waals surface area contributed by atoms with Crippen LogP contribution in [0.1, 0.15) is 109 Å². The quantitative estimate of drug-likeness (QED) is 0.0376. The minimum atomic E-state index is -4.83. The average Bonchev–Trinajstić information content (AvgIpc) is 3.82. The molecule has 4 aliphatic rings. The van der Waals surface area contributed by atoms with Gasteiger partial charge in [-0.2, -0.15) is 4.58 Å². The Bertz CT molecular complexity index is 3270. The molecule has 1 atom stereocenters. The van der Waals surface area contributed by atoms with Crippen LogP contribution in [-0.4, -0.2) is 99.6 Å². The third kappa shape index (κ3) is 13.0. The molecule has 398 valence electrons. The topological polar surface area (TPSA) is 300 Å². The summed E-state index contributed by atoms with van der Waals surface area (Å²) < 4.78 is 143. The first-order valence-corrected chi connectivity index (χ1v) is 29.1. The van der Waals surface area contributed by atoms with Gasteiger partial charge in [-0.05, 0) is 136 Å². The van der Waals surface area contributed by atoms with E-state index in [9.17, 15) is 62.1 Å². The highest BCUT2D eigenvalue weighted by Gasteiger charge is 2.45. The maximum Gasteiger partial charge on any atom is 0.333 e. The van der Waals surface area contributed by atoms with Crippen molar-refractivity contribution in [3.05, 3.63) is 119 Å². The molecule has 0 bridgehead atoms. The second-order valence-corrected chi connectivity index (χ2v) is 24.0. The summed E-state index contributed by atoms with van der Waals surface area (Å²) in [5, 5.41) is 0.502. The highest BCUT2D eigenvalue weighted by atomic mass is 32.2. The number of hydrogen-bond donors (Lipinski definition) is 0. The van der Waals surface area contributed by atoms with E-state index < -0.39 is 85.9 Å². The van der Waals surface area contributed by atoms with Gasteiger partial charge in [0.25, 0.3) is 11.8 Å². The van der Waals surface area contributed by atoms with Crippen molar-refractivity contribution in [2.45, 2.75) is 119 Å². The number of rotatable bonds is 21. The summed E-state index contributed by atoms with van der Waals surface area (Å²) in [7, 11) is -14.1. The number of ether oxygens (including phenoxy) is 1. The summed E-state index contributed by atoms with van der Waals surface area (Å²) >= 11 is -2.85. The number of imide groups is 1. The maximum absolute atomic E-state index is 12.5. The molecular formula is C50H54N3O17S4-3. The number of anilines is 1. The smallest absolute Gasteiger partial charge is 0.333 e. The largest absolute Gasteiger partial charge is 0.748 e. The molecule has 1 saturated heterocycles. The maximum atomic E-state index is 12.5. The number of unbranched alkanes of at least 4 members (excludes halogenated alkanes) is 3. The van der Waals surface area contributed by atoms with Gasteiger partial charge in [0.2, 0.25) is 5.69 Å². The lowest BCUT2D eigenvalue weighted by Gasteiger charge is -2.27. The fraction of sp³-hybridized carbons (Fsp3) is 0.400. The Labute approximate surface area is 432 Å². The number of allylic oxidation sites excluding steroid dienone is 7. The number of nitrogens with zero attached hydrogens (tertiary/aromatic N) is 3. The average molecular weight is 1100 g/mol. The molecule has 1 aliphatic carbocycles. The molecular weight excluding hydrogens is 1040 g/mol. The van der Waals surface area contributed by atoms with Gasteiger partial charge in [-0.3, -0.25) is 9.59 Å². The standard InChI is InChI=1S/C50H57N3O17S4/c1-49(2)39-31-36(70-71(57)58)18-22-41(39)52(29-8-9-30-72(59,60)61)43(49)24-14-33-11-10-12-34(48(33)68-35-16-19-37(20-17-35)73(62,63)64)15-25-44-50(3,4)40-32-38(74(65,66)67)21-23-42(40)51(44)28-7-5-6-13-47(56)69-53-45(54)26-27-46(53)55/h14-25,31-32H,5-13,26-30H2,1-4H3,(H3-,57,58,59,60,61,62,63,64,65,66,67)/p-3. The van der Waals surface area contributed by atoms with E-state index in [-0.39, 0.29) is 37.2 Å². The van der Waals surface area contributed by atoms with Crippen LogP contribution < -0.4 is 13.8 Å². The highest BCUT2D eigenvalue weighted by molar-refractivity contribution is 7.86. The van der Waals surface area contributed by atoms with E-state index in [4.69, 9.17) is 13.8 Å². The first-order valence-electron chi connectivity index (χ1n) is 23.7. The van der Waals surface area contributed by atoms with Crippen LogP contribution in [0, 0.1) is 0 Å². The van der Waals surface area contributed by atoms with Gasteiger partial charge < -0.3 is 36.9 Å². The fourth-order valence-electron chi connectivity index (χ4n) is 9.65. The molecule has 3 aromatic rings. The normalized spacial score (nSPS) is 19.2. The van der Waals surface area contributed by atoms with E-state index >= 15 is 0 Å². The van der Waals surface area contributed by atoms with Gasteiger partial charge in [-0.1, -0.05) is 26.3 Å². The van der Waals surface area contributed by atoms with E-state index in [1.165, 1.54) is 30.3 Å². The second-order valence-electron chi connectivity index (χ2n) is 19.2. The first kappa shape index (κ1) is 55.9. The lowest BCUT2D eigenvalue weighted by atomic mass is 9.81. The number of hydrogen-bond acceptors (Lipinski definition) is 18. The summed E-state index contributed by atoms with van der Waals surface area (Å²) in [6, 6.07) is 14.0. The highest BCUT2D eigenvalue weighted by Crippen LogP contribution is 2.49. The van der Waals surface area contributed by atoms with Crippen molar-refractivity contribution in [2.24, 2.45) is 0 Å². The van der Waals surface area contributed by atoms with Crippen LogP contribution in [0.5, 0.6) is 11.5 Å². The predicted octanol–water partition coefficient (Wildman–Crippen LogP) is 6.22. The SMILES string of the molecule is CC1(C)C(/C=C/C2=C(Oc3ccc(S(=O)(=O)[O-])cc3)C(=C/C=C3/N(CCCCCC(=O)ON4C(=O)CCC4=O)c4ccc(S(=O)(=O)[O-])cc4C3(C)C)/CCC2)=[N+](CCCCS(=O)(=O)[O-])c2ccc(OS(=O)[O-])cc21. The Balaban J connectivity index is 1.27. The number of fused-ring (bicyclic) bond motifs is 2. The summed E-state index contributed by atoms with van der Waals surface area (Å²) in [4.78, 5) is 42.5. The molecule has 1 unspecified atom stereocenters. The van der Waals surface area contributed by atoms with Gasteiger partial charge in [0, 0.05) is 72.5 Å². The zero-order valence-electron chi connectivity index (χ0n) is 40.9. The van der Waals surface area contributed by atoms with Gasteiger partial charge >= 0.3 is 5.97 Å². The monoisotopic (exact) mass is 1100 g/mol. The molecule has 0 saturated carbocycles. The van der Waals surface area contributed by atoms with Gasteiger partial charge in [0.15, 0.2) is 5.71 Å². The van der Waals surface area contributed by atoms with Crippen molar-refractivity contribution in [1.82, 2.24) is 5.06 Å². The van der Waals surface area contributed by atoms with Crippen LogP contribution >= 0.6 is 0 Å². The Morgan fingerprint density at radius 1 is 0.743 bits per heavy atom. The third-order valence-corrected chi connectivity index (χ3v) is 16.2. The van der Waals surface area contributed by atoms with Gasteiger partial charge in [0.05, 0.1) is 25.3 Å². The third-order valence-electron chi connectivity index (χ3n) is 13.4. The molecule has 0 N–H and O–H groups in total. The Hall–Kier alpha value is -5.86. The van der Waals surface area contributed by atoms with Crippen molar-refractivity contribution in [2.75, 3.05) is 23.7 Å². The predicted molar refractivity (Wildman–Crippen MR) is 264 cm³/mol. The van der Waals surface area contributed by atoms with Gasteiger partial charge in [-0.25, -0.2) is 34.3 Å². The van der Waals surface area contributed by atoms with Gasteiger partial charge in [0.1, 0.15) is 55.4 Å². The summed E-state index contributed by atoms with van der Waals surface area (Å²) in [5.41, 5.74) is 3.87. The summed E-state index contributed by atoms with van der Waals surface area (Å²) in [6.45, 7) is 8.32. The fourth-order valence-corrected chi connectivity index (χ4v) is 11.4. The molecule has 3 aromatic carbocycles. The molecule has 3 aliphatic heterocycles. The van der Waals surface area contributed by atoms with Crippen LogP contribution in [0.2, 0.25) is 0 Å². The number of carbonyl (C=O) groups is 3. The van der Waals surface area contributed by atoms with Crippen molar-refractivity contribution >= 4 is 76.6 Å². The molecule has 0 spiro atoms. The van der Waals surface area contributed by atoms with Crippen LogP contribution in [0.3, 0.4) is 0 Å². The van der Waals surface area contributed by atoms with Crippen molar-refractivity contribution < 1.29 is 80.4 Å². The minimum Gasteiger partial charge on any atom is -0.748 e. The van der Waals surface area contributed by atoms with E-state index in [1.54, 1.807) is 18.2 Å². The lowest BCUT2D eigenvalue weighted by Crippen LogP contribution is -2.32. The number of benzene rings is 3. The molecule has 0 radical (unpaired) electrons. The number of carbonyl (C=O) groups excluding carboxylic acids is 3. The molecule has 1 fully saturated rings. The van der Waals surface area contributed by atoms with Crippen LogP contribution in [0.15, 0.2) is 117 Å². The molecule has 74 heavy (non-hydrogen) atoms.